The highest BCUT2D eigenvalue weighted by molar-refractivity contribution is 8.00. The molecule has 16 nitrogen and oxygen atoms in total. The summed E-state index contributed by atoms with van der Waals surface area (Å²) in [6.45, 7) is -0.702. The van der Waals surface area contributed by atoms with E-state index in [1.165, 1.54) is 23.5 Å². The lowest BCUT2D eigenvalue weighted by Gasteiger charge is -2.32. The Kier molecular flexibility index (Phi) is 10.7. The summed E-state index contributed by atoms with van der Waals surface area (Å²) < 4.78 is 5.01. The topological polar surface area (TPSA) is 254 Å². The van der Waals surface area contributed by atoms with E-state index in [1.807, 2.05) is 0 Å². The number of amides is 1. The molecule has 0 spiro atoms. The zero-order valence-electron chi connectivity index (χ0n) is 21.3. The number of hydrogen-bond acceptors (Lipinski definition) is 13. The van der Waals surface area contributed by atoms with Gasteiger partial charge in [-0.2, -0.15) is 0 Å². The maximum absolute atomic E-state index is 12.9. The van der Waals surface area contributed by atoms with E-state index < -0.39 is 69.1 Å². The summed E-state index contributed by atoms with van der Waals surface area (Å²) in [7, 11) is 0. The molecule has 1 aliphatic heterocycles. The Morgan fingerprint density at radius 3 is 2.50 bits per heavy atom. The number of non-ortho nitro benzene ring substituents is 1. The summed E-state index contributed by atoms with van der Waals surface area (Å²) >= 11 is 2.31. The van der Waals surface area contributed by atoms with Crippen molar-refractivity contribution in [1.29, 1.82) is 0 Å². The number of carbonyl (C=O) groups is 4. The standard InChI is InChI=1S/C24H23N5O11S2/c25-16(22(31)32)10-40-24(35)20(26-18(30)9-15-2-1-7-41-15)21-27-19(23(33)34)13(11-42-21)4-3-12-5-6-14(28(36)37)8-17(12)29(38)39/h1-8,16,20-21,27H,9-11,25H2,(H,26,30)(H,31,32)(H,33,34)/b4-3+/t16-,20+,21+/m1/s1. The Hall–Kier alpha value is -4.81. The fraction of sp³-hybridized carbons (Fsp3) is 0.250. The number of rotatable bonds is 13. The second-order valence-electron chi connectivity index (χ2n) is 8.55. The first-order valence-electron chi connectivity index (χ1n) is 11.8. The summed E-state index contributed by atoms with van der Waals surface area (Å²) in [5, 5.41) is 47.1. The number of aliphatic carboxylic acids is 2. The van der Waals surface area contributed by atoms with Crippen molar-refractivity contribution in [1.82, 2.24) is 10.6 Å². The van der Waals surface area contributed by atoms with Gasteiger partial charge in [-0.25, -0.2) is 9.59 Å². The molecule has 0 unspecified atom stereocenters. The molecule has 0 radical (unpaired) electrons. The van der Waals surface area contributed by atoms with Crippen LogP contribution in [0.3, 0.4) is 0 Å². The number of ether oxygens (including phenoxy) is 1. The molecule has 2 heterocycles. The minimum absolute atomic E-state index is 0.0213. The van der Waals surface area contributed by atoms with Crippen LogP contribution in [0.4, 0.5) is 11.4 Å². The summed E-state index contributed by atoms with van der Waals surface area (Å²) in [6, 6.07) is 3.44. The van der Waals surface area contributed by atoms with E-state index in [-0.39, 0.29) is 29.0 Å². The number of hydrogen-bond donors (Lipinski definition) is 5. The number of nitrogens with two attached hydrogens (primary N) is 1. The molecular formula is C24H23N5O11S2. The van der Waals surface area contributed by atoms with Gasteiger partial charge in [0.1, 0.15) is 23.7 Å². The van der Waals surface area contributed by atoms with Gasteiger partial charge >= 0.3 is 17.9 Å². The SMILES string of the molecule is N[C@H](COC(=O)[C@@H](NC(=O)Cc1cccs1)[C@H]1NC(C(=O)O)=C(/C=C/c2ccc([N+](=O)[O-])cc2[N+](=O)[O-])CS1)C(=O)O. The van der Waals surface area contributed by atoms with Gasteiger partial charge in [-0.1, -0.05) is 12.1 Å². The van der Waals surface area contributed by atoms with Gasteiger partial charge in [0.15, 0.2) is 6.04 Å². The molecule has 42 heavy (non-hydrogen) atoms. The van der Waals surface area contributed by atoms with E-state index in [0.29, 0.717) is 4.88 Å². The lowest BCUT2D eigenvalue weighted by atomic mass is 10.1. The predicted molar refractivity (Wildman–Crippen MR) is 149 cm³/mol. The second-order valence-corrected chi connectivity index (χ2v) is 10.7. The highest BCUT2D eigenvalue weighted by Crippen LogP contribution is 2.29. The summed E-state index contributed by atoms with van der Waals surface area (Å²) in [5.74, 6) is -4.55. The van der Waals surface area contributed by atoms with Gasteiger partial charge in [-0.3, -0.25) is 29.8 Å². The Morgan fingerprint density at radius 1 is 1.17 bits per heavy atom. The fourth-order valence-corrected chi connectivity index (χ4v) is 5.44. The number of thiophene rings is 1. The number of nitro groups is 2. The van der Waals surface area contributed by atoms with E-state index in [1.54, 1.807) is 17.5 Å². The number of nitrogens with one attached hydrogen (secondary N) is 2. The number of carboxylic acids is 2. The van der Waals surface area contributed by atoms with Gasteiger partial charge in [0.2, 0.25) is 5.91 Å². The first kappa shape index (κ1) is 31.7. The molecule has 3 atom stereocenters. The Balaban J connectivity index is 1.87. The fourth-order valence-electron chi connectivity index (χ4n) is 3.56. The van der Waals surface area contributed by atoms with Crippen molar-refractivity contribution in [2.24, 2.45) is 5.73 Å². The highest BCUT2D eigenvalue weighted by atomic mass is 32.2. The van der Waals surface area contributed by atoms with E-state index in [2.05, 4.69) is 10.6 Å². The van der Waals surface area contributed by atoms with Crippen molar-refractivity contribution in [3.05, 3.63) is 83.7 Å². The molecule has 0 fully saturated rings. The van der Waals surface area contributed by atoms with Crippen LogP contribution in [0.15, 0.2) is 53.1 Å². The number of esters is 1. The molecule has 0 saturated heterocycles. The van der Waals surface area contributed by atoms with Crippen molar-refractivity contribution in [2.75, 3.05) is 12.4 Å². The van der Waals surface area contributed by atoms with Gasteiger partial charge in [0, 0.05) is 16.7 Å². The summed E-state index contributed by atoms with van der Waals surface area (Å²) in [4.78, 5) is 70.3. The number of allylic oxidation sites excluding steroid dienone is 1. The van der Waals surface area contributed by atoms with Crippen LogP contribution in [0, 0.1) is 20.2 Å². The van der Waals surface area contributed by atoms with Gasteiger partial charge in [-0.15, -0.1) is 23.1 Å². The molecule has 18 heteroatoms. The molecule has 1 aromatic carbocycles. The van der Waals surface area contributed by atoms with Crippen molar-refractivity contribution in [2.45, 2.75) is 23.9 Å². The molecule has 222 valence electrons. The van der Waals surface area contributed by atoms with Gasteiger partial charge < -0.3 is 31.3 Å². The maximum atomic E-state index is 12.9. The van der Waals surface area contributed by atoms with Gasteiger partial charge in [0.25, 0.3) is 11.4 Å². The summed E-state index contributed by atoms with van der Waals surface area (Å²) in [6.07, 6.45) is 2.42. The Labute approximate surface area is 244 Å². The minimum Gasteiger partial charge on any atom is -0.480 e. The normalized spacial score (nSPS) is 16.3. The molecule has 0 bridgehead atoms. The molecule has 1 amide bonds. The van der Waals surface area contributed by atoms with Crippen molar-refractivity contribution in [3.8, 4) is 0 Å². The number of benzene rings is 1. The number of carboxylic acid groups (broad SMARTS) is 2. The third-order valence-electron chi connectivity index (χ3n) is 5.64. The van der Waals surface area contributed by atoms with Crippen LogP contribution in [0.1, 0.15) is 10.4 Å². The van der Waals surface area contributed by atoms with Crippen LogP contribution in [-0.2, 0) is 30.3 Å². The molecule has 0 aliphatic carbocycles. The summed E-state index contributed by atoms with van der Waals surface area (Å²) in [5.41, 5.74) is 4.09. The molecule has 6 N–H and O–H groups in total. The predicted octanol–water partition coefficient (Wildman–Crippen LogP) is 1.26. The average Bonchev–Trinajstić information content (AvgIpc) is 3.45. The van der Waals surface area contributed by atoms with Crippen LogP contribution in [0.2, 0.25) is 0 Å². The van der Waals surface area contributed by atoms with Crippen LogP contribution in [0.25, 0.3) is 6.08 Å². The second kappa shape index (κ2) is 14.2. The van der Waals surface area contributed by atoms with Crippen molar-refractivity contribution in [3.63, 3.8) is 0 Å². The smallest absolute Gasteiger partial charge is 0.352 e. The van der Waals surface area contributed by atoms with Gasteiger partial charge in [0.05, 0.1) is 27.9 Å². The zero-order chi connectivity index (χ0) is 31.0. The molecular weight excluding hydrogens is 598 g/mol. The van der Waals surface area contributed by atoms with E-state index >= 15 is 0 Å². The number of thioether (sulfide) groups is 1. The minimum atomic E-state index is -1.53. The van der Waals surface area contributed by atoms with Crippen LogP contribution in [0.5, 0.6) is 0 Å². The lowest BCUT2D eigenvalue weighted by molar-refractivity contribution is -0.394. The zero-order valence-corrected chi connectivity index (χ0v) is 23.0. The number of nitrogens with zero attached hydrogens (tertiary/aromatic N) is 2. The third-order valence-corrected chi connectivity index (χ3v) is 7.74. The maximum Gasteiger partial charge on any atom is 0.352 e. The Morgan fingerprint density at radius 2 is 1.90 bits per heavy atom. The largest absolute Gasteiger partial charge is 0.480 e. The molecule has 2 aromatic rings. The van der Waals surface area contributed by atoms with Crippen molar-refractivity contribution >= 4 is 64.4 Å². The van der Waals surface area contributed by atoms with E-state index in [0.717, 1.165) is 30.0 Å². The number of carbonyl (C=O) groups excluding carboxylic acids is 2. The third kappa shape index (κ3) is 8.35. The molecule has 3 rings (SSSR count). The van der Waals surface area contributed by atoms with Crippen LogP contribution < -0.4 is 16.4 Å². The Bertz CT molecular complexity index is 1460. The molecule has 1 aliphatic rings. The first-order valence-corrected chi connectivity index (χ1v) is 13.7. The monoisotopic (exact) mass is 621 g/mol. The molecule has 0 saturated carbocycles. The average molecular weight is 622 g/mol. The van der Waals surface area contributed by atoms with E-state index in [4.69, 9.17) is 15.6 Å². The van der Waals surface area contributed by atoms with Gasteiger partial charge in [-0.05, 0) is 29.2 Å². The molecule has 1 aromatic heterocycles. The quantitative estimate of drug-likeness (QED) is 0.120. The van der Waals surface area contributed by atoms with E-state index in [9.17, 15) is 44.5 Å². The first-order chi connectivity index (χ1) is 19.9. The lowest BCUT2D eigenvalue weighted by Crippen LogP contribution is -2.55. The number of nitro benzene ring substituents is 2. The van der Waals surface area contributed by atoms with Crippen LogP contribution >= 0.6 is 23.1 Å². The van der Waals surface area contributed by atoms with Crippen LogP contribution in [-0.4, -0.2) is 73.7 Å². The van der Waals surface area contributed by atoms with Crippen molar-refractivity contribution < 1.29 is 44.0 Å². The highest BCUT2D eigenvalue weighted by Gasteiger charge is 2.37.